The molecule has 22 heavy (non-hydrogen) atoms. The molecule has 1 amide bonds. The number of aliphatic hydroxyl groups is 1. The first-order valence-electron chi connectivity index (χ1n) is 8.29. The third kappa shape index (κ3) is 4.19. The Morgan fingerprint density at radius 1 is 1.36 bits per heavy atom. The molecule has 1 atom stereocenters. The second-order valence-electron chi connectivity index (χ2n) is 6.10. The van der Waals surface area contributed by atoms with Gasteiger partial charge in [-0.1, -0.05) is 13.3 Å². The van der Waals surface area contributed by atoms with Gasteiger partial charge in [0.1, 0.15) is 5.56 Å². The van der Waals surface area contributed by atoms with Gasteiger partial charge in [-0.15, -0.1) is 0 Å². The van der Waals surface area contributed by atoms with E-state index in [0.717, 1.165) is 49.8 Å². The van der Waals surface area contributed by atoms with Crippen molar-refractivity contribution in [1.82, 2.24) is 10.3 Å². The molecule has 0 fully saturated rings. The fraction of sp³-hybridized carbons (Fsp3) is 0.647. The van der Waals surface area contributed by atoms with Gasteiger partial charge in [-0.2, -0.15) is 0 Å². The number of rotatable bonds is 7. The molecule has 1 aliphatic carbocycles. The van der Waals surface area contributed by atoms with Crippen LogP contribution >= 0.6 is 0 Å². The number of pyridine rings is 1. The van der Waals surface area contributed by atoms with Crippen LogP contribution in [-0.2, 0) is 12.8 Å². The Balaban J connectivity index is 2.04. The summed E-state index contributed by atoms with van der Waals surface area (Å²) in [5.74, 6) is -0.0516. The predicted octanol–water partition coefficient (Wildman–Crippen LogP) is 1.78. The number of aromatic amines is 1. The van der Waals surface area contributed by atoms with Crippen molar-refractivity contribution < 1.29 is 9.90 Å². The van der Waals surface area contributed by atoms with Crippen molar-refractivity contribution in [1.29, 1.82) is 0 Å². The second-order valence-corrected chi connectivity index (χ2v) is 6.10. The van der Waals surface area contributed by atoms with E-state index < -0.39 is 0 Å². The van der Waals surface area contributed by atoms with Crippen LogP contribution in [0.3, 0.4) is 0 Å². The molecule has 0 aliphatic heterocycles. The van der Waals surface area contributed by atoms with E-state index in [1.54, 1.807) is 6.07 Å². The molecular formula is C17H26N2O3. The van der Waals surface area contributed by atoms with Crippen molar-refractivity contribution >= 4 is 5.91 Å². The minimum Gasteiger partial charge on any atom is -0.396 e. The summed E-state index contributed by atoms with van der Waals surface area (Å²) < 4.78 is 0. The van der Waals surface area contributed by atoms with Crippen LogP contribution in [0.1, 0.15) is 60.6 Å². The lowest BCUT2D eigenvalue weighted by atomic mass is 9.95. The summed E-state index contributed by atoms with van der Waals surface area (Å²) in [5.41, 5.74) is 1.99. The molecule has 0 saturated carbocycles. The summed E-state index contributed by atoms with van der Waals surface area (Å²) in [4.78, 5) is 27.2. The molecule has 0 saturated heterocycles. The Morgan fingerprint density at radius 2 is 2.14 bits per heavy atom. The van der Waals surface area contributed by atoms with Gasteiger partial charge in [-0.25, -0.2) is 0 Å². The lowest BCUT2D eigenvalue weighted by Gasteiger charge is -2.17. The maximum atomic E-state index is 12.3. The number of nitrogens with one attached hydrogen (secondary N) is 2. The molecule has 0 spiro atoms. The van der Waals surface area contributed by atoms with E-state index in [2.05, 4.69) is 17.2 Å². The smallest absolute Gasteiger partial charge is 0.261 e. The highest BCUT2D eigenvalue weighted by atomic mass is 16.3. The van der Waals surface area contributed by atoms with Gasteiger partial charge in [0.05, 0.1) is 0 Å². The van der Waals surface area contributed by atoms with Gasteiger partial charge in [0, 0.05) is 18.8 Å². The van der Waals surface area contributed by atoms with Crippen molar-refractivity contribution in [3.05, 3.63) is 33.2 Å². The predicted molar refractivity (Wildman–Crippen MR) is 86.1 cm³/mol. The number of fused-ring (bicyclic) bond motifs is 1. The van der Waals surface area contributed by atoms with Crippen molar-refractivity contribution in [2.24, 2.45) is 5.92 Å². The van der Waals surface area contributed by atoms with Crippen molar-refractivity contribution in [3.8, 4) is 0 Å². The van der Waals surface area contributed by atoms with E-state index >= 15 is 0 Å². The Morgan fingerprint density at radius 3 is 2.86 bits per heavy atom. The quantitative estimate of drug-likeness (QED) is 0.718. The normalized spacial score (nSPS) is 15.2. The number of aliphatic hydroxyl groups excluding tert-OH is 1. The molecule has 122 valence electrons. The summed E-state index contributed by atoms with van der Waals surface area (Å²) in [6.45, 7) is 2.71. The molecule has 1 aromatic rings. The number of carbonyl (C=O) groups is 1. The zero-order valence-electron chi connectivity index (χ0n) is 13.3. The first-order valence-corrected chi connectivity index (χ1v) is 8.29. The van der Waals surface area contributed by atoms with Crippen molar-refractivity contribution in [2.45, 2.75) is 51.9 Å². The maximum Gasteiger partial charge on any atom is 0.261 e. The minimum absolute atomic E-state index is 0.125. The molecule has 0 radical (unpaired) electrons. The second kappa shape index (κ2) is 8.13. The molecule has 1 aromatic heterocycles. The highest BCUT2D eigenvalue weighted by Crippen LogP contribution is 2.18. The Labute approximate surface area is 131 Å². The fourth-order valence-electron chi connectivity index (χ4n) is 3.12. The summed E-state index contributed by atoms with van der Waals surface area (Å²) >= 11 is 0. The number of amides is 1. The number of carbonyl (C=O) groups excluding carboxylic acids is 1. The molecule has 3 N–H and O–H groups in total. The molecule has 5 nitrogen and oxygen atoms in total. The van der Waals surface area contributed by atoms with E-state index in [9.17, 15) is 9.59 Å². The lowest BCUT2D eigenvalue weighted by Crippen LogP contribution is -2.34. The van der Waals surface area contributed by atoms with Gasteiger partial charge in [-0.05, 0) is 56.1 Å². The summed E-state index contributed by atoms with van der Waals surface area (Å²) in [7, 11) is 0. The third-order valence-electron chi connectivity index (χ3n) is 4.37. The zero-order chi connectivity index (χ0) is 15.9. The number of hydrogen-bond acceptors (Lipinski definition) is 3. The van der Waals surface area contributed by atoms with Crippen molar-refractivity contribution in [2.75, 3.05) is 13.2 Å². The van der Waals surface area contributed by atoms with Gasteiger partial charge in [-0.3, -0.25) is 9.59 Å². The zero-order valence-corrected chi connectivity index (χ0v) is 13.3. The Hall–Kier alpha value is -1.62. The highest BCUT2D eigenvalue weighted by molar-refractivity contribution is 5.94. The van der Waals surface area contributed by atoms with Crippen LogP contribution in [0.5, 0.6) is 0 Å². The van der Waals surface area contributed by atoms with Crippen LogP contribution in [0.2, 0.25) is 0 Å². The standard InChI is InChI=1S/C17H26N2O3/c1-2-5-12(8-9-20)11-18-16(21)14-10-13-6-3-4-7-15(13)19-17(14)22/h10,12,20H,2-9,11H2,1H3,(H,18,21)(H,19,22). The van der Waals surface area contributed by atoms with Gasteiger partial charge >= 0.3 is 0 Å². The van der Waals surface area contributed by atoms with Crippen LogP contribution in [0.15, 0.2) is 10.9 Å². The fourth-order valence-corrected chi connectivity index (χ4v) is 3.12. The first kappa shape index (κ1) is 16.7. The van der Waals surface area contributed by atoms with Gasteiger partial charge < -0.3 is 15.4 Å². The lowest BCUT2D eigenvalue weighted by molar-refractivity contribution is 0.0941. The van der Waals surface area contributed by atoms with E-state index in [1.165, 1.54) is 0 Å². The van der Waals surface area contributed by atoms with Crippen LogP contribution < -0.4 is 10.9 Å². The average Bonchev–Trinajstić information content (AvgIpc) is 2.52. The van der Waals surface area contributed by atoms with Crippen LogP contribution in [0.25, 0.3) is 0 Å². The van der Waals surface area contributed by atoms with E-state index in [1.807, 2.05) is 0 Å². The van der Waals surface area contributed by atoms with Gasteiger partial charge in [0.2, 0.25) is 0 Å². The van der Waals surface area contributed by atoms with E-state index in [4.69, 9.17) is 5.11 Å². The van der Waals surface area contributed by atoms with Crippen LogP contribution in [0, 0.1) is 5.92 Å². The number of H-pyrrole nitrogens is 1. The summed E-state index contributed by atoms with van der Waals surface area (Å²) in [6.07, 6.45) is 6.66. The van der Waals surface area contributed by atoms with Gasteiger partial charge in [0.15, 0.2) is 0 Å². The molecule has 1 unspecified atom stereocenters. The number of hydrogen-bond donors (Lipinski definition) is 3. The molecule has 5 heteroatoms. The molecule has 1 aliphatic rings. The Bertz CT molecular complexity index is 560. The maximum absolute atomic E-state index is 12.3. The SMILES string of the molecule is CCCC(CCO)CNC(=O)c1cc2c([nH]c1=O)CCCC2. The molecule has 0 aromatic carbocycles. The average molecular weight is 306 g/mol. The largest absolute Gasteiger partial charge is 0.396 e. The highest BCUT2D eigenvalue weighted by Gasteiger charge is 2.18. The third-order valence-corrected chi connectivity index (χ3v) is 4.37. The molecule has 1 heterocycles. The summed E-state index contributed by atoms with van der Waals surface area (Å²) in [6, 6.07) is 1.75. The monoisotopic (exact) mass is 306 g/mol. The van der Waals surface area contributed by atoms with Crippen LogP contribution in [0.4, 0.5) is 0 Å². The number of aromatic nitrogens is 1. The van der Waals surface area contributed by atoms with E-state index in [-0.39, 0.29) is 29.6 Å². The van der Waals surface area contributed by atoms with Crippen LogP contribution in [-0.4, -0.2) is 29.1 Å². The number of aryl methyl sites for hydroxylation is 2. The molecule has 0 bridgehead atoms. The van der Waals surface area contributed by atoms with E-state index in [0.29, 0.717) is 13.0 Å². The topological polar surface area (TPSA) is 82.2 Å². The first-order chi connectivity index (χ1) is 10.7. The minimum atomic E-state index is -0.311. The molecule has 2 rings (SSSR count). The Kier molecular flexibility index (Phi) is 6.19. The van der Waals surface area contributed by atoms with Gasteiger partial charge in [0.25, 0.3) is 11.5 Å². The molecular weight excluding hydrogens is 280 g/mol. The van der Waals surface area contributed by atoms with Crippen molar-refractivity contribution in [3.63, 3.8) is 0 Å². The summed E-state index contributed by atoms with van der Waals surface area (Å²) in [5, 5.41) is 11.9.